The average Bonchev–Trinajstić information content (AvgIpc) is 0.789. The molecule has 18 saturated carbocycles. The number of aryl methyl sites for hydroxylation is 4. The number of phenolic OH excluding ortho intramolecular Hbond substituents is 6. The van der Waals surface area contributed by atoms with E-state index in [1.54, 1.807) is 74.5 Å². The number of phenols is 6. The standard InChI is InChI=1S/C20H27NO.3C19H25NO2.C15H21NO2.C14H19NO2.12ClH.H2O.6Zr/c1-3-21-12-17-4-13(2)5-18(19(17)22)20-9-14-6-15(10-20)8-16(7-14)11-20;2*1-20-11-15-6-16(22-2)7-17(18(15)21)19-8-12-3-13(9-19)5-14(4-12)10-19;1-11-3-17(22-2)9-16(19(11)21)10-20-18-14-5-12-4-13(7-14)8-15(18)6-12;1-11-8-14(18-2)9-12(15(11)17)10-16-13-6-4-3-5-7-13;1-10-7-13(17-2)8-11(14(10)16)9-15-12-5-3-4-6-12;;;;;;;;;;;;;;;;;;;/h4-5,12,14-16,22H,3,6-11H2,1-2H3;2*6-7,11-14,21H,3-5,8-10H2,1-2H3;3,9-10,12-15,18,21H,4-8H2,1-2H3;8-10,13,17H,3-7H2,1-2H3;7-9,12,16H,3-6H2,1-2H3;12*1H;1H2;;;;;;/q;;;;;;;;;;;;;;;;;;;6*+2/p-12. The van der Waals surface area contributed by atoms with Gasteiger partial charge in [0.1, 0.15) is 63.2 Å². The quantitative estimate of drug-likeness (QED) is 0.0440. The van der Waals surface area contributed by atoms with Gasteiger partial charge in [-0.15, -0.1) is 0 Å². The van der Waals surface area contributed by atoms with E-state index >= 15 is 0 Å². The van der Waals surface area contributed by atoms with Gasteiger partial charge in [0.05, 0.1) is 41.6 Å². The fourth-order valence-electron chi connectivity index (χ4n) is 27.5. The molecule has 0 aromatic heterocycles. The van der Waals surface area contributed by atoms with E-state index in [1.807, 2.05) is 88.7 Å². The van der Waals surface area contributed by atoms with E-state index in [0.717, 1.165) is 173 Å². The second kappa shape index (κ2) is 65.0. The number of rotatable bonds is 18. The van der Waals surface area contributed by atoms with E-state index in [9.17, 15) is 30.6 Å². The van der Waals surface area contributed by atoms with E-state index in [-0.39, 0.29) is 21.7 Å². The summed E-state index contributed by atoms with van der Waals surface area (Å²) >= 11 is -4.95. The minimum absolute atomic E-state index is 0. The zero-order valence-electron chi connectivity index (χ0n) is 83.9. The summed E-state index contributed by atoms with van der Waals surface area (Å²) in [5.74, 6) is 17.6. The third-order valence-corrected chi connectivity index (χ3v) is 31.7. The van der Waals surface area contributed by atoms with Crippen LogP contribution >= 0.6 is 102 Å². The molecule has 18 aliphatic rings. The molecule has 6 aromatic rings. The van der Waals surface area contributed by atoms with Crippen LogP contribution in [0.5, 0.6) is 63.2 Å². The number of hydrogen-bond acceptors (Lipinski definition) is 17. The molecule has 0 saturated heterocycles. The molecule has 778 valence electrons. The Bertz CT molecular complexity index is 4820. The molecule has 0 radical (unpaired) electrons. The summed E-state index contributed by atoms with van der Waals surface area (Å²) in [6, 6.07) is 24.6. The summed E-state index contributed by atoms with van der Waals surface area (Å²) in [6.07, 6.45) is 52.9. The van der Waals surface area contributed by atoms with Gasteiger partial charge in [-0.1, -0.05) is 38.2 Å². The first-order chi connectivity index (χ1) is 67.9. The van der Waals surface area contributed by atoms with Gasteiger partial charge in [0, 0.05) is 120 Å². The Labute approximate surface area is 957 Å². The zero-order valence-corrected chi connectivity index (χ0v) is 108. The third kappa shape index (κ3) is 36.2. The van der Waals surface area contributed by atoms with E-state index in [4.69, 9.17) is 131 Å². The van der Waals surface area contributed by atoms with Crippen molar-refractivity contribution in [2.45, 2.75) is 274 Å². The molecular formula is C106H144Cl12N6O12Zr6. The van der Waals surface area contributed by atoms with Crippen LogP contribution in [0.15, 0.2) is 103 Å². The number of hydrogen-bond donors (Lipinski definition) is 6. The maximum absolute atomic E-state index is 10.9. The number of aromatic hydroxyl groups is 6. The summed E-state index contributed by atoms with van der Waals surface area (Å²) in [5.41, 5.74) is 12.5. The topological polar surface area (TPSA) is 273 Å². The molecule has 36 heteroatoms. The number of nitrogens with zero attached hydrogens (tertiary/aromatic N) is 6. The van der Waals surface area contributed by atoms with Gasteiger partial charge in [0.25, 0.3) is 0 Å². The molecule has 0 heterocycles. The van der Waals surface area contributed by atoms with Crippen molar-refractivity contribution in [1.82, 2.24) is 0 Å². The molecule has 142 heavy (non-hydrogen) atoms. The van der Waals surface area contributed by atoms with Crippen molar-refractivity contribution in [3.8, 4) is 63.2 Å². The first-order valence-corrected chi connectivity index (χ1v) is 87.4. The Morgan fingerprint density at radius 1 is 0.303 bits per heavy atom. The fraction of sp³-hybridized carbons (Fsp3) is 0.604. The first-order valence-electron chi connectivity index (χ1n) is 49.4. The molecule has 6 aromatic carbocycles. The molecular weight excluding hydrogens is 2520 g/mol. The molecule has 16 bridgehead atoms. The number of halogens is 12. The summed E-state index contributed by atoms with van der Waals surface area (Å²) in [5, 5.41) is 62.8. The van der Waals surface area contributed by atoms with E-state index in [0.29, 0.717) is 52.6 Å². The van der Waals surface area contributed by atoms with Gasteiger partial charge in [-0.3, -0.25) is 30.0 Å². The monoisotopic (exact) mass is 2650 g/mol. The fourth-order valence-corrected chi connectivity index (χ4v) is 27.5. The van der Waals surface area contributed by atoms with Gasteiger partial charge < -0.3 is 59.8 Å². The number of ether oxygens (including phenoxy) is 5. The van der Waals surface area contributed by atoms with Crippen LogP contribution in [0.4, 0.5) is 0 Å². The Balaban J connectivity index is 0.000000201. The van der Waals surface area contributed by atoms with Gasteiger partial charge in [0.15, 0.2) is 0 Å². The van der Waals surface area contributed by atoms with Crippen molar-refractivity contribution in [3.63, 3.8) is 0 Å². The van der Waals surface area contributed by atoms with Crippen LogP contribution in [-0.4, -0.2) is 148 Å². The molecule has 0 amide bonds. The van der Waals surface area contributed by atoms with Gasteiger partial charge >= 0.3 is 227 Å². The molecule has 24 rings (SSSR count). The van der Waals surface area contributed by atoms with E-state index < -0.39 is 125 Å². The molecule has 18 fully saturated rings. The second-order valence-electron chi connectivity index (χ2n) is 41.0. The van der Waals surface area contributed by atoms with Crippen molar-refractivity contribution in [2.24, 2.45) is 107 Å². The molecule has 18 nitrogen and oxygen atoms in total. The van der Waals surface area contributed by atoms with Gasteiger partial charge in [-0.25, -0.2) is 0 Å². The Morgan fingerprint density at radius 3 is 0.796 bits per heavy atom. The molecule has 8 N–H and O–H groups in total. The van der Waals surface area contributed by atoms with Crippen molar-refractivity contribution in [3.05, 3.63) is 145 Å². The molecule has 0 spiro atoms. The average molecular weight is 2670 g/mol. The van der Waals surface area contributed by atoms with Crippen molar-refractivity contribution >= 4 is 139 Å². The number of methoxy groups -OCH3 is 5. The van der Waals surface area contributed by atoms with Crippen LogP contribution in [0.25, 0.3) is 0 Å². The van der Waals surface area contributed by atoms with Crippen molar-refractivity contribution < 1.29 is 185 Å². The van der Waals surface area contributed by atoms with Gasteiger partial charge in [-0.2, -0.15) is 0 Å². The number of aliphatic imine (C=N–C) groups is 6. The Kier molecular flexibility index (Phi) is 58.2. The van der Waals surface area contributed by atoms with Crippen LogP contribution in [0.1, 0.15) is 285 Å². The summed E-state index contributed by atoms with van der Waals surface area (Å²) in [6.45, 7) is 10.6. The van der Waals surface area contributed by atoms with Crippen LogP contribution in [0.2, 0.25) is 0 Å². The Morgan fingerprint density at radius 2 is 0.535 bits per heavy atom. The van der Waals surface area contributed by atoms with Crippen molar-refractivity contribution in [1.29, 1.82) is 0 Å². The van der Waals surface area contributed by atoms with E-state index in [1.165, 1.54) is 217 Å². The molecule has 0 atom stereocenters. The zero-order chi connectivity index (χ0) is 103. The third-order valence-electron chi connectivity index (χ3n) is 31.7. The minimum atomic E-state index is -0.826. The first kappa shape index (κ1) is 127. The van der Waals surface area contributed by atoms with E-state index in [2.05, 4.69) is 56.2 Å². The van der Waals surface area contributed by atoms with Crippen LogP contribution in [0, 0.1) is 105 Å². The van der Waals surface area contributed by atoms with Gasteiger partial charge in [-0.05, 0) is 390 Å². The normalized spacial score (nSPS) is 27.2. The Hall–Kier alpha value is -0.121. The van der Waals surface area contributed by atoms with Crippen molar-refractivity contribution in [2.75, 3.05) is 56.2 Å². The summed E-state index contributed by atoms with van der Waals surface area (Å²) in [7, 11) is 71.0. The maximum atomic E-state index is 10.9. The SMILES string of the molecule is CCN=Cc1cc(C)cc(C23CC4CC(CC(C4)C2)C3)c1O.CN=Cc1cc(OC)cc(C23CC4CC(CC(C4)C2)C3)c1O.CN=Cc1cc(OC)cc(C23CC4CC(CC(C4)C2)C3)c1O.COc1cc(C)c(O)c(C=NC2C3CC4CC(C3)CC2C4)c1.COc1cc(C)c(O)c(C=NC2CCCC2)c1.COc1cc(C)c(O)c(C=NC2CCCCC2)c1.O.[Cl][Zr][Cl].[Cl][Zr][Cl].[Cl][Zr][Cl].[Cl][Zr][Cl].[Cl][Zr][Cl].[Cl][Zr][Cl]. The van der Waals surface area contributed by atoms with Crippen LogP contribution < -0.4 is 23.7 Å². The van der Waals surface area contributed by atoms with Crippen LogP contribution in [-0.2, 0) is 141 Å². The predicted molar refractivity (Wildman–Crippen MR) is 572 cm³/mol. The molecule has 0 unspecified atom stereocenters. The predicted octanol–water partition coefficient (Wildman–Crippen LogP) is 30.4. The van der Waals surface area contributed by atoms with Gasteiger partial charge in [0.2, 0.25) is 0 Å². The molecule has 0 aliphatic heterocycles. The summed E-state index contributed by atoms with van der Waals surface area (Å²) < 4.78 is 26.7. The molecule has 18 aliphatic carbocycles. The second-order valence-corrected chi connectivity index (χ2v) is 63.4. The van der Waals surface area contributed by atoms with Crippen LogP contribution in [0.3, 0.4) is 0 Å². The number of benzene rings is 6. The summed E-state index contributed by atoms with van der Waals surface area (Å²) in [4.78, 5) is 26.6.